The molecule has 1 N–H and O–H groups in total. The average molecular weight is 316 g/mol. The van der Waals surface area contributed by atoms with E-state index in [9.17, 15) is 0 Å². The number of hydrogen-bond donors (Lipinski definition) is 1. The van der Waals surface area contributed by atoms with Gasteiger partial charge in [-0.25, -0.2) is 0 Å². The number of benzene rings is 2. The van der Waals surface area contributed by atoms with E-state index in [0.29, 0.717) is 6.54 Å². The molecule has 1 aliphatic heterocycles. The Labute approximate surface area is 140 Å². The van der Waals surface area contributed by atoms with Crippen molar-refractivity contribution in [2.45, 2.75) is 26.6 Å². The third kappa shape index (κ3) is 3.23. The predicted octanol–water partition coefficient (Wildman–Crippen LogP) is 4.00. The molecule has 3 rings (SSSR count). The van der Waals surface area contributed by atoms with Crippen LogP contribution in [0, 0.1) is 23.2 Å². The second-order valence-electron chi connectivity index (χ2n) is 6.80. The molecule has 2 aromatic rings. The third-order valence-corrected chi connectivity index (χ3v) is 4.72. The largest absolute Gasteiger partial charge is 0.463 e. The van der Waals surface area contributed by atoms with Gasteiger partial charge in [0, 0.05) is 16.8 Å². The molecule has 0 fully saturated rings. The van der Waals surface area contributed by atoms with Crippen LogP contribution in [0.4, 0.5) is 11.4 Å². The van der Waals surface area contributed by atoms with Crippen molar-refractivity contribution in [1.29, 1.82) is 0 Å². The molecule has 1 heterocycles. The fourth-order valence-electron chi connectivity index (χ4n) is 2.86. The van der Waals surface area contributed by atoms with Crippen molar-refractivity contribution in [3.8, 4) is 23.2 Å². The average Bonchev–Trinajstić information content (AvgIpc) is 2.49. The number of nitrogens with one attached hydrogen (secondary N) is 1. The summed E-state index contributed by atoms with van der Waals surface area (Å²) in [5, 5.41) is 6.07. The number of rotatable bonds is 1. The van der Waals surface area contributed by atoms with Gasteiger partial charge in [-0.15, -0.1) is 11.5 Å². The Bertz CT molecular complexity index is 857. The molecule has 0 atom stereocenters. The molecule has 0 bridgehead atoms. The molecule has 0 saturated carbocycles. The zero-order valence-electron chi connectivity index (χ0n) is 14.2. The van der Waals surface area contributed by atoms with Crippen molar-refractivity contribution < 1.29 is 0 Å². The maximum absolute atomic E-state index is 3.56. The van der Waals surface area contributed by atoms with Crippen molar-refractivity contribution in [2.75, 3.05) is 16.6 Å². The van der Waals surface area contributed by atoms with E-state index in [1.54, 1.807) is 0 Å². The first-order valence-corrected chi connectivity index (χ1v) is 11.5. The lowest BCUT2D eigenvalue weighted by atomic mass is 9.71. The summed E-state index contributed by atoms with van der Waals surface area (Å²) in [5.74, 6) is 9.70. The highest BCUT2D eigenvalue weighted by atomic mass is 28.3. The maximum atomic E-state index is 3.56. The highest BCUT2D eigenvalue weighted by molar-refractivity contribution is 6.84. The van der Waals surface area contributed by atoms with Crippen LogP contribution < -0.4 is 10.0 Å². The summed E-state index contributed by atoms with van der Waals surface area (Å²) in [6.45, 7) is 9.37. The van der Waals surface area contributed by atoms with E-state index >= 15 is 0 Å². The smallest absolute Gasteiger partial charge is 0.398 e. The summed E-state index contributed by atoms with van der Waals surface area (Å²) < 4.78 is 0. The Kier molecular flexibility index (Phi) is 4.11. The zero-order valence-corrected chi connectivity index (χ0v) is 15.2. The van der Waals surface area contributed by atoms with Gasteiger partial charge in [-0.3, -0.25) is 0 Å². The minimum atomic E-state index is -1.36. The first-order chi connectivity index (χ1) is 11.0. The van der Waals surface area contributed by atoms with Crippen molar-refractivity contribution in [2.24, 2.45) is 0 Å². The van der Waals surface area contributed by atoms with Gasteiger partial charge >= 0.3 is 6.98 Å². The van der Waals surface area contributed by atoms with Gasteiger partial charge in [-0.05, 0) is 24.4 Å². The Hall–Kier alpha value is -2.30. The highest BCUT2D eigenvalue weighted by Gasteiger charge is 2.29. The summed E-state index contributed by atoms with van der Waals surface area (Å²) in [4.78, 5) is 2.28. The molecule has 0 saturated heterocycles. The van der Waals surface area contributed by atoms with Gasteiger partial charge in [-0.2, -0.15) is 0 Å². The first kappa shape index (κ1) is 15.6. The van der Waals surface area contributed by atoms with Gasteiger partial charge < -0.3 is 10.0 Å². The number of hydrogen-bond acceptors (Lipinski definition) is 2. The molecule has 0 radical (unpaired) electrons. The van der Waals surface area contributed by atoms with Crippen LogP contribution in [0.2, 0.25) is 19.6 Å². The zero-order chi connectivity index (χ0) is 16.4. The van der Waals surface area contributed by atoms with Crippen molar-refractivity contribution >= 4 is 37.2 Å². The standard InChI is InChI=1S/C19H21BN2Si/c1-5-13-20-21-17-11-6-9-16-10-7-12-18(19(16)17)22(20)14-8-15-23(2,3)4/h6-7,9-12,21H,14H2,1-4H3. The summed E-state index contributed by atoms with van der Waals surface area (Å²) in [7, 11) is -1.36. The predicted molar refractivity (Wildman–Crippen MR) is 105 cm³/mol. The Balaban J connectivity index is 2.08. The molecular formula is C19H21BN2Si. The van der Waals surface area contributed by atoms with Crippen LogP contribution in [-0.2, 0) is 0 Å². The third-order valence-electron chi connectivity index (χ3n) is 3.79. The van der Waals surface area contributed by atoms with Crippen LogP contribution in [0.5, 0.6) is 0 Å². The molecule has 4 heteroatoms. The molecule has 0 unspecified atom stereocenters. The fraction of sp³-hybridized carbons (Fsp3) is 0.263. The summed E-state index contributed by atoms with van der Waals surface area (Å²) in [6, 6.07) is 12.8. The lowest BCUT2D eigenvalue weighted by Gasteiger charge is -2.33. The van der Waals surface area contributed by atoms with Gasteiger partial charge in [0.1, 0.15) is 8.07 Å². The van der Waals surface area contributed by atoms with E-state index in [4.69, 9.17) is 0 Å². The van der Waals surface area contributed by atoms with Crippen LogP contribution in [0.15, 0.2) is 36.4 Å². The molecule has 23 heavy (non-hydrogen) atoms. The first-order valence-electron chi connectivity index (χ1n) is 7.97. The Morgan fingerprint density at radius 1 is 1.13 bits per heavy atom. The Morgan fingerprint density at radius 2 is 1.87 bits per heavy atom. The van der Waals surface area contributed by atoms with Gasteiger partial charge in [0.2, 0.25) is 0 Å². The number of anilines is 2. The second-order valence-corrected chi connectivity index (χ2v) is 11.6. The summed E-state index contributed by atoms with van der Waals surface area (Å²) in [5.41, 5.74) is 5.83. The molecule has 1 aliphatic rings. The monoisotopic (exact) mass is 316 g/mol. The van der Waals surface area contributed by atoms with E-state index in [1.807, 2.05) is 6.92 Å². The highest BCUT2D eigenvalue weighted by Crippen LogP contribution is 2.36. The molecule has 0 amide bonds. The topological polar surface area (TPSA) is 15.3 Å². The molecule has 0 aromatic heterocycles. The van der Waals surface area contributed by atoms with Gasteiger partial charge in [-0.1, -0.05) is 55.6 Å². The molecular weight excluding hydrogens is 295 g/mol. The maximum Gasteiger partial charge on any atom is 0.463 e. The fourth-order valence-corrected chi connectivity index (χ4v) is 3.47. The summed E-state index contributed by atoms with van der Waals surface area (Å²) in [6.07, 6.45) is 0. The van der Waals surface area contributed by atoms with Crippen molar-refractivity contribution in [1.82, 2.24) is 0 Å². The quantitative estimate of drug-likeness (QED) is 0.632. The van der Waals surface area contributed by atoms with E-state index in [-0.39, 0.29) is 6.98 Å². The molecule has 2 aromatic carbocycles. The van der Waals surface area contributed by atoms with Crippen LogP contribution in [-0.4, -0.2) is 21.6 Å². The lowest BCUT2D eigenvalue weighted by molar-refractivity contribution is 1.20. The van der Waals surface area contributed by atoms with Crippen LogP contribution in [0.1, 0.15) is 6.92 Å². The van der Waals surface area contributed by atoms with E-state index < -0.39 is 8.07 Å². The Morgan fingerprint density at radius 3 is 2.57 bits per heavy atom. The minimum absolute atomic E-state index is 0.0311. The second kappa shape index (κ2) is 6.07. The SMILES string of the molecule is CC#CB1Nc2cccc3cccc(c23)N1CC#C[Si](C)(C)C. The van der Waals surface area contributed by atoms with E-state index in [1.165, 1.54) is 16.5 Å². The summed E-state index contributed by atoms with van der Waals surface area (Å²) >= 11 is 0. The number of nitrogens with zero attached hydrogens (tertiary/aromatic N) is 1. The molecule has 2 nitrogen and oxygen atoms in total. The normalized spacial score (nSPS) is 12.9. The van der Waals surface area contributed by atoms with Crippen molar-refractivity contribution in [3.63, 3.8) is 0 Å². The van der Waals surface area contributed by atoms with Gasteiger partial charge in [0.15, 0.2) is 0 Å². The van der Waals surface area contributed by atoms with Crippen molar-refractivity contribution in [3.05, 3.63) is 36.4 Å². The lowest BCUT2D eigenvalue weighted by Crippen LogP contribution is -2.47. The van der Waals surface area contributed by atoms with Crippen LogP contribution >= 0.6 is 0 Å². The molecule has 0 aliphatic carbocycles. The molecule has 0 spiro atoms. The van der Waals surface area contributed by atoms with Crippen LogP contribution in [0.25, 0.3) is 10.8 Å². The molecule has 114 valence electrons. The van der Waals surface area contributed by atoms with E-state index in [0.717, 1.165) is 5.69 Å². The minimum Gasteiger partial charge on any atom is -0.398 e. The van der Waals surface area contributed by atoms with Crippen LogP contribution in [0.3, 0.4) is 0 Å². The van der Waals surface area contributed by atoms with Gasteiger partial charge in [0.25, 0.3) is 0 Å². The van der Waals surface area contributed by atoms with Gasteiger partial charge in [0.05, 0.1) is 6.54 Å². The van der Waals surface area contributed by atoms with E-state index in [2.05, 4.69) is 89.3 Å².